The highest BCUT2D eigenvalue weighted by Crippen LogP contribution is 2.29. The number of anilines is 2. The first-order chi connectivity index (χ1) is 8.97. The second-order valence-electron chi connectivity index (χ2n) is 4.26. The molecule has 0 fully saturated rings. The Balaban J connectivity index is 2.25. The highest BCUT2D eigenvalue weighted by Gasteiger charge is 2.12. The summed E-state index contributed by atoms with van der Waals surface area (Å²) in [5.74, 6) is -0.332. The third-order valence-electron chi connectivity index (χ3n) is 2.82. The van der Waals surface area contributed by atoms with Gasteiger partial charge in [0.15, 0.2) is 0 Å². The SMILES string of the molecule is C[C@@H](Nc1cc(Br)ccc1N)c1ccc(Cl)cc1F. The fourth-order valence-electron chi connectivity index (χ4n) is 1.82. The molecule has 0 spiro atoms. The van der Waals surface area contributed by atoms with Crippen LogP contribution in [0.2, 0.25) is 5.02 Å². The van der Waals surface area contributed by atoms with Gasteiger partial charge in [-0.15, -0.1) is 0 Å². The molecule has 0 bridgehead atoms. The van der Waals surface area contributed by atoms with Crippen molar-refractivity contribution in [2.75, 3.05) is 11.1 Å². The van der Waals surface area contributed by atoms with Gasteiger partial charge >= 0.3 is 0 Å². The molecule has 0 aliphatic rings. The van der Waals surface area contributed by atoms with Gasteiger partial charge in [-0.2, -0.15) is 0 Å². The number of hydrogen-bond donors (Lipinski definition) is 2. The third-order valence-corrected chi connectivity index (χ3v) is 3.54. The summed E-state index contributed by atoms with van der Waals surface area (Å²) < 4.78 is 14.7. The van der Waals surface area contributed by atoms with Crippen molar-refractivity contribution in [3.05, 3.63) is 57.3 Å². The van der Waals surface area contributed by atoms with E-state index in [2.05, 4.69) is 21.2 Å². The Hall–Kier alpha value is -1.26. The van der Waals surface area contributed by atoms with Crippen LogP contribution in [0.4, 0.5) is 15.8 Å². The summed E-state index contributed by atoms with van der Waals surface area (Å²) >= 11 is 9.12. The fourth-order valence-corrected chi connectivity index (χ4v) is 2.34. The fraction of sp³-hybridized carbons (Fsp3) is 0.143. The van der Waals surface area contributed by atoms with Gasteiger partial charge in [0, 0.05) is 15.1 Å². The van der Waals surface area contributed by atoms with Crippen molar-refractivity contribution in [3.63, 3.8) is 0 Å². The molecule has 100 valence electrons. The van der Waals surface area contributed by atoms with Gasteiger partial charge in [-0.3, -0.25) is 0 Å². The molecule has 2 aromatic carbocycles. The largest absolute Gasteiger partial charge is 0.397 e. The van der Waals surface area contributed by atoms with Crippen LogP contribution in [-0.2, 0) is 0 Å². The first kappa shape index (κ1) is 14.2. The summed E-state index contributed by atoms with van der Waals surface area (Å²) in [6, 6.07) is 9.94. The highest BCUT2D eigenvalue weighted by atomic mass is 79.9. The zero-order valence-corrected chi connectivity index (χ0v) is 12.6. The molecule has 2 aromatic rings. The van der Waals surface area contributed by atoms with E-state index in [1.165, 1.54) is 6.07 Å². The summed E-state index contributed by atoms with van der Waals surface area (Å²) in [6.45, 7) is 1.87. The van der Waals surface area contributed by atoms with Crippen LogP contribution < -0.4 is 11.1 Å². The number of nitrogen functional groups attached to an aromatic ring is 1. The van der Waals surface area contributed by atoms with E-state index < -0.39 is 0 Å². The van der Waals surface area contributed by atoms with Crippen LogP contribution in [0.3, 0.4) is 0 Å². The molecular weight excluding hydrogens is 331 g/mol. The standard InChI is InChI=1S/C14H13BrClFN2/c1-8(11-4-3-10(16)7-12(11)17)19-14-6-9(15)2-5-13(14)18/h2-8,19H,18H2,1H3/t8-/m1/s1. The Morgan fingerprint density at radius 1 is 1.26 bits per heavy atom. The molecule has 0 aliphatic carbocycles. The molecule has 3 N–H and O–H groups in total. The number of nitrogens with one attached hydrogen (secondary N) is 1. The molecule has 0 aliphatic heterocycles. The smallest absolute Gasteiger partial charge is 0.129 e. The summed E-state index contributed by atoms with van der Waals surface area (Å²) in [4.78, 5) is 0. The van der Waals surface area contributed by atoms with Gasteiger partial charge in [-0.25, -0.2) is 4.39 Å². The van der Waals surface area contributed by atoms with Crippen molar-refractivity contribution in [1.29, 1.82) is 0 Å². The van der Waals surface area contributed by atoms with Gasteiger partial charge in [0.1, 0.15) is 5.82 Å². The van der Waals surface area contributed by atoms with E-state index in [1.807, 2.05) is 19.1 Å². The van der Waals surface area contributed by atoms with Gasteiger partial charge in [0.2, 0.25) is 0 Å². The molecule has 0 heterocycles. The Morgan fingerprint density at radius 2 is 2.00 bits per heavy atom. The molecule has 5 heteroatoms. The second-order valence-corrected chi connectivity index (χ2v) is 5.62. The molecule has 0 saturated carbocycles. The Morgan fingerprint density at radius 3 is 2.68 bits per heavy atom. The molecule has 0 radical (unpaired) electrons. The van der Waals surface area contributed by atoms with Crippen molar-refractivity contribution < 1.29 is 4.39 Å². The minimum atomic E-state index is -0.332. The lowest BCUT2D eigenvalue weighted by molar-refractivity contribution is 0.600. The number of rotatable bonds is 3. The summed E-state index contributed by atoms with van der Waals surface area (Å²) in [7, 11) is 0. The molecular formula is C14H13BrClFN2. The average Bonchev–Trinajstić information content (AvgIpc) is 2.33. The van der Waals surface area contributed by atoms with Gasteiger partial charge in [-0.1, -0.05) is 33.6 Å². The quantitative estimate of drug-likeness (QED) is 0.770. The molecule has 1 atom stereocenters. The van der Waals surface area contributed by atoms with Crippen LogP contribution in [0.5, 0.6) is 0 Å². The van der Waals surface area contributed by atoms with E-state index in [4.69, 9.17) is 17.3 Å². The van der Waals surface area contributed by atoms with Gasteiger partial charge in [-0.05, 0) is 37.3 Å². The van der Waals surface area contributed by atoms with Crippen LogP contribution in [-0.4, -0.2) is 0 Å². The molecule has 0 amide bonds. The Labute approximate surface area is 124 Å². The van der Waals surface area contributed by atoms with Crippen molar-refractivity contribution in [2.24, 2.45) is 0 Å². The van der Waals surface area contributed by atoms with Crippen LogP contribution in [0, 0.1) is 5.82 Å². The number of benzene rings is 2. The maximum Gasteiger partial charge on any atom is 0.129 e. The van der Waals surface area contributed by atoms with E-state index in [0.717, 1.165) is 10.2 Å². The Kier molecular flexibility index (Phi) is 4.32. The maximum absolute atomic E-state index is 13.8. The number of hydrogen-bond acceptors (Lipinski definition) is 2. The first-order valence-corrected chi connectivity index (χ1v) is 6.91. The van der Waals surface area contributed by atoms with Crippen molar-refractivity contribution >= 4 is 38.9 Å². The highest BCUT2D eigenvalue weighted by molar-refractivity contribution is 9.10. The normalized spacial score (nSPS) is 12.2. The molecule has 2 rings (SSSR count). The topological polar surface area (TPSA) is 38.0 Å². The summed E-state index contributed by atoms with van der Waals surface area (Å²) in [6.07, 6.45) is 0. The lowest BCUT2D eigenvalue weighted by Crippen LogP contribution is -2.10. The number of halogens is 3. The van der Waals surface area contributed by atoms with E-state index in [0.29, 0.717) is 16.3 Å². The first-order valence-electron chi connectivity index (χ1n) is 5.74. The number of nitrogens with two attached hydrogens (primary N) is 1. The van der Waals surface area contributed by atoms with E-state index >= 15 is 0 Å². The lowest BCUT2D eigenvalue weighted by atomic mass is 10.1. The average molecular weight is 344 g/mol. The van der Waals surface area contributed by atoms with Crippen molar-refractivity contribution in [3.8, 4) is 0 Å². The van der Waals surface area contributed by atoms with Crippen LogP contribution >= 0.6 is 27.5 Å². The van der Waals surface area contributed by atoms with Gasteiger partial charge < -0.3 is 11.1 Å². The minimum Gasteiger partial charge on any atom is -0.397 e. The van der Waals surface area contributed by atoms with Crippen molar-refractivity contribution in [1.82, 2.24) is 0 Å². The van der Waals surface area contributed by atoms with E-state index in [-0.39, 0.29) is 11.9 Å². The summed E-state index contributed by atoms with van der Waals surface area (Å²) in [5, 5.41) is 3.57. The van der Waals surface area contributed by atoms with E-state index in [1.54, 1.807) is 18.2 Å². The van der Waals surface area contributed by atoms with Crippen LogP contribution in [0.25, 0.3) is 0 Å². The molecule has 2 nitrogen and oxygen atoms in total. The maximum atomic E-state index is 13.8. The second kappa shape index (κ2) is 5.80. The van der Waals surface area contributed by atoms with Crippen LogP contribution in [0.15, 0.2) is 40.9 Å². The molecule has 19 heavy (non-hydrogen) atoms. The molecule has 0 unspecified atom stereocenters. The van der Waals surface area contributed by atoms with Crippen molar-refractivity contribution in [2.45, 2.75) is 13.0 Å². The van der Waals surface area contributed by atoms with E-state index in [9.17, 15) is 4.39 Å². The third kappa shape index (κ3) is 3.39. The Bertz CT molecular complexity index is 604. The van der Waals surface area contributed by atoms with Gasteiger partial charge in [0.25, 0.3) is 0 Å². The minimum absolute atomic E-state index is 0.214. The predicted molar refractivity (Wildman–Crippen MR) is 82.0 cm³/mol. The predicted octanol–water partition coefficient (Wildman–Crippen LogP) is 5.00. The lowest BCUT2D eigenvalue weighted by Gasteiger charge is -2.18. The monoisotopic (exact) mass is 342 g/mol. The zero-order chi connectivity index (χ0) is 14.0. The molecule has 0 aromatic heterocycles. The van der Waals surface area contributed by atoms with Gasteiger partial charge in [0.05, 0.1) is 17.4 Å². The molecule has 0 saturated heterocycles. The zero-order valence-electron chi connectivity index (χ0n) is 10.3. The summed E-state index contributed by atoms with van der Waals surface area (Å²) in [5.41, 5.74) is 7.80. The van der Waals surface area contributed by atoms with Crippen LogP contribution in [0.1, 0.15) is 18.5 Å².